The minimum Gasteiger partial charge on any atom is -0.357 e. The van der Waals surface area contributed by atoms with E-state index in [-0.39, 0.29) is 17.5 Å². The number of carbonyl (C=O) groups excluding carboxylic acids is 1. The summed E-state index contributed by atoms with van der Waals surface area (Å²) in [4.78, 5) is 19.0. The van der Waals surface area contributed by atoms with Crippen LogP contribution in [0.25, 0.3) is 21.5 Å². The molecule has 1 N–H and O–H groups in total. The second-order valence-corrected chi connectivity index (χ2v) is 8.07. The van der Waals surface area contributed by atoms with E-state index in [1.54, 1.807) is 4.90 Å². The summed E-state index contributed by atoms with van der Waals surface area (Å²) in [5.74, 6) is -0.991. The number of rotatable bonds is 4. The Labute approximate surface area is 174 Å². The van der Waals surface area contributed by atoms with Crippen LogP contribution in [0.5, 0.6) is 0 Å². The van der Waals surface area contributed by atoms with E-state index in [1.165, 1.54) is 12.3 Å². The third-order valence-electron chi connectivity index (χ3n) is 5.05. The fourth-order valence-electron chi connectivity index (χ4n) is 3.62. The summed E-state index contributed by atoms with van der Waals surface area (Å²) in [6.07, 6.45) is 2.15. The molecule has 1 fully saturated rings. The molecule has 0 unspecified atom stereocenters. The maximum Gasteiger partial charge on any atom is 0.259 e. The number of anilines is 1. The van der Waals surface area contributed by atoms with E-state index in [2.05, 4.69) is 15.5 Å². The van der Waals surface area contributed by atoms with Crippen molar-refractivity contribution in [1.29, 1.82) is 0 Å². The van der Waals surface area contributed by atoms with Crippen LogP contribution in [0.2, 0.25) is 0 Å². The smallest absolute Gasteiger partial charge is 0.259 e. The molecule has 6 nitrogen and oxygen atoms in total. The van der Waals surface area contributed by atoms with Crippen molar-refractivity contribution < 1.29 is 18.1 Å². The minimum absolute atomic E-state index is 0.0394. The fourth-order valence-corrected chi connectivity index (χ4v) is 4.55. The van der Waals surface area contributed by atoms with E-state index in [9.17, 15) is 13.6 Å². The molecule has 30 heavy (non-hydrogen) atoms. The Morgan fingerprint density at radius 1 is 1.23 bits per heavy atom. The highest BCUT2D eigenvalue weighted by Crippen LogP contribution is 2.31. The minimum atomic E-state index is -0.655. The molecule has 9 heteroatoms. The summed E-state index contributed by atoms with van der Waals surface area (Å²) in [6.45, 7) is 1.02. The molecule has 4 aromatic rings. The number of nitrogens with one attached hydrogen (secondary N) is 1. The molecule has 5 rings (SSSR count). The Morgan fingerprint density at radius 2 is 2.07 bits per heavy atom. The Kier molecular flexibility index (Phi) is 4.66. The lowest BCUT2D eigenvalue weighted by Gasteiger charge is -2.16. The molecule has 152 valence electrons. The number of fused-ring (bicyclic) bond motifs is 1. The molecule has 1 aliphatic rings. The molecular weight excluding hydrogens is 410 g/mol. The van der Waals surface area contributed by atoms with Crippen molar-refractivity contribution in [1.82, 2.24) is 15.0 Å². The number of benzene rings is 2. The quantitative estimate of drug-likeness (QED) is 0.518. The molecule has 1 aliphatic heterocycles. The molecule has 2 aromatic heterocycles. The normalized spacial score (nSPS) is 16.3. The average molecular weight is 426 g/mol. The van der Waals surface area contributed by atoms with Crippen molar-refractivity contribution in [2.45, 2.75) is 12.5 Å². The predicted octanol–water partition coefficient (Wildman–Crippen LogP) is 4.56. The first-order valence-corrected chi connectivity index (χ1v) is 10.2. The van der Waals surface area contributed by atoms with Gasteiger partial charge < -0.3 is 14.7 Å². The zero-order valence-electron chi connectivity index (χ0n) is 15.6. The van der Waals surface area contributed by atoms with Gasteiger partial charge in [-0.05, 0) is 6.42 Å². The number of likely N-dealkylation sites (tertiary alicyclic amines) is 1. The van der Waals surface area contributed by atoms with Crippen molar-refractivity contribution in [3.8, 4) is 11.3 Å². The van der Waals surface area contributed by atoms with Gasteiger partial charge in [-0.15, -0.1) is 0 Å². The van der Waals surface area contributed by atoms with Gasteiger partial charge in [0.15, 0.2) is 10.9 Å². The third-order valence-corrected chi connectivity index (χ3v) is 6.06. The van der Waals surface area contributed by atoms with E-state index in [0.29, 0.717) is 40.7 Å². The summed E-state index contributed by atoms with van der Waals surface area (Å²) in [6, 6.07) is 11.4. The van der Waals surface area contributed by atoms with Crippen LogP contribution in [-0.4, -0.2) is 40.1 Å². The van der Waals surface area contributed by atoms with Crippen molar-refractivity contribution in [3.63, 3.8) is 0 Å². The highest BCUT2D eigenvalue weighted by molar-refractivity contribution is 7.22. The maximum atomic E-state index is 13.9. The van der Waals surface area contributed by atoms with Crippen molar-refractivity contribution in [2.75, 3.05) is 18.4 Å². The first-order valence-electron chi connectivity index (χ1n) is 9.40. The van der Waals surface area contributed by atoms with E-state index < -0.39 is 11.6 Å². The molecule has 0 aliphatic carbocycles. The molecule has 0 saturated carbocycles. The lowest BCUT2D eigenvalue weighted by atomic mass is 10.1. The molecule has 1 atom stereocenters. The highest BCUT2D eigenvalue weighted by atomic mass is 32.1. The zero-order chi connectivity index (χ0) is 20.7. The van der Waals surface area contributed by atoms with Crippen LogP contribution in [0.15, 0.2) is 53.2 Å². The van der Waals surface area contributed by atoms with Crippen LogP contribution in [0, 0.1) is 11.6 Å². The second-order valence-electron chi connectivity index (χ2n) is 7.07. The van der Waals surface area contributed by atoms with Crippen LogP contribution in [-0.2, 0) is 0 Å². The predicted molar refractivity (Wildman–Crippen MR) is 109 cm³/mol. The largest absolute Gasteiger partial charge is 0.357 e. The topological polar surface area (TPSA) is 71.3 Å². The van der Waals surface area contributed by atoms with Crippen LogP contribution in [0.1, 0.15) is 16.8 Å². The van der Waals surface area contributed by atoms with Crippen molar-refractivity contribution >= 4 is 32.6 Å². The number of thiazole rings is 1. The Hall–Kier alpha value is -3.33. The van der Waals surface area contributed by atoms with Gasteiger partial charge in [-0.1, -0.05) is 46.8 Å². The Morgan fingerprint density at radius 3 is 2.90 bits per heavy atom. The number of carbonyl (C=O) groups is 1. The number of nitrogens with zero attached hydrogens (tertiary/aromatic N) is 3. The van der Waals surface area contributed by atoms with Gasteiger partial charge in [-0.3, -0.25) is 4.79 Å². The number of halogens is 2. The van der Waals surface area contributed by atoms with E-state index >= 15 is 0 Å². The molecular formula is C21H16F2N4O2S. The van der Waals surface area contributed by atoms with Gasteiger partial charge >= 0.3 is 0 Å². The first-order chi connectivity index (χ1) is 14.6. The summed E-state index contributed by atoms with van der Waals surface area (Å²) < 4.78 is 32.9. The molecule has 3 heterocycles. The highest BCUT2D eigenvalue weighted by Gasteiger charge is 2.30. The van der Waals surface area contributed by atoms with Crippen molar-refractivity contribution in [3.05, 3.63) is 65.9 Å². The average Bonchev–Trinajstić information content (AvgIpc) is 3.47. The Bertz CT molecular complexity index is 1220. The second kappa shape index (κ2) is 7.49. The fraction of sp³-hybridized carbons (Fsp3) is 0.190. The molecule has 2 aromatic carbocycles. The van der Waals surface area contributed by atoms with Gasteiger partial charge in [-0.2, -0.15) is 0 Å². The summed E-state index contributed by atoms with van der Waals surface area (Å²) in [7, 11) is 0. The standard InChI is InChI=1S/C21H16F2N4O2S/c22-13-8-16(23)19-17(9-13)26-21(30-19)25-14-6-7-27(11-14)20(28)15-10-24-29-18(15)12-4-2-1-3-5-12/h1-5,8-10,14H,6-7,11H2,(H,25,26)/t14-/m1/s1. The molecule has 0 radical (unpaired) electrons. The van der Waals surface area contributed by atoms with Crippen molar-refractivity contribution in [2.24, 2.45) is 0 Å². The molecule has 0 bridgehead atoms. The van der Waals surface area contributed by atoms with E-state index in [1.807, 2.05) is 30.3 Å². The summed E-state index contributed by atoms with van der Waals surface area (Å²) in [5.41, 5.74) is 1.48. The number of amides is 1. The summed E-state index contributed by atoms with van der Waals surface area (Å²) in [5, 5.41) is 7.55. The van der Waals surface area contributed by atoms with Gasteiger partial charge in [0.2, 0.25) is 0 Å². The van der Waals surface area contributed by atoms with Gasteiger partial charge in [0.25, 0.3) is 5.91 Å². The lowest BCUT2D eigenvalue weighted by molar-refractivity contribution is 0.0792. The van der Waals surface area contributed by atoms with Crippen LogP contribution < -0.4 is 5.32 Å². The number of aromatic nitrogens is 2. The van der Waals surface area contributed by atoms with Gasteiger partial charge in [0.1, 0.15) is 17.2 Å². The zero-order valence-corrected chi connectivity index (χ0v) is 16.5. The lowest BCUT2D eigenvalue weighted by Crippen LogP contribution is -2.31. The van der Waals surface area contributed by atoms with Gasteiger partial charge in [0.05, 0.1) is 16.4 Å². The maximum absolute atomic E-state index is 13.9. The molecule has 1 amide bonds. The van der Waals surface area contributed by atoms with Crippen LogP contribution >= 0.6 is 11.3 Å². The Balaban J connectivity index is 1.30. The molecule has 1 saturated heterocycles. The van der Waals surface area contributed by atoms with Crippen LogP contribution in [0.3, 0.4) is 0 Å². The monoisotopic (exact) mass is 426 g/mol. The third kappa shape index (κ3) is 3.41. The number of hydrogen-bond acceptors (Lipinski definition) is 6. The van der Waals surface area contributed by atoms with Crippen LogP contribution in [0.4, 0.5) is 13.9 Å². The van der Waals surface area contributed by atoms with E-state index in [0.717, 1.165) is 23.0 Å². The SMILES string of the molecule is O=C(c1cnoc1-c1ccccc1)N1CC[C@@H](Nc2nc3cc(F)cc(F)c3s2)C1. The summed E-state index contributed by atoms with van der Waals surface area (Å²) >= 11 is 1.13. The number of hydrogen-bond donors (Lipinski definition) is 1. The first kappa shape index (κ1) is 18.7. The van der Waals surface area contributed by atoms with E-state index in [4.69, 9.17) is 4.52 Å². The van der Waals surface area contributed by atoms with Gasteiger partial charge in [-0.25, -0.2) is 13.8 Å². The molecule has 0 spiro atoms. The van der Waals surface area contributed by atoms with Gasteiger partial charge in [0, 0.05) is 36.8 Å².